The van der Waals surface area contributed by atoms with Crippen molar-refractivity contribution in [2.75, 3.05) is 6.54 Å². The second-order valence-electron chi connectivity index (χ2n) is 2.55. The third-order valence-electron chi connectivity index (χ3n) is 1.64. The summed E-state index contributed by atoms with van der Waals surface area (Å²) >= 11 is 0. The average molecular weight is 161 g/mol. The normalized spacial score (nSPS) is 45.5. The highest BCUT2D eigenvalue weighted by Gasteiger charge is 2.31. The molecule has 64 valence electrons. The van der Waals surface area contributed by atoms with Gasteiger partial charge in [-0.1, -0.05) is 0 Å². The van der Waals surface area contributed by atoms with E-state index in [9.17, 15) is 0 Å². The molecule has 0 aromatic carbocycles. The van der Waals surface area contributed by atoms with Gasteiger partial charge in [0.1, 0.15) is 24.4 Å². The van der Waals surface area contributed by atoms with Gasteiger partial charge in [-0.15, -0.1) is 0 Å². The number of rotatable bonds is 0. The molecule has 1 aliphatic rings. The molecule has 11 heavy (non-hydrogen) atoms. The molecule has 0 fully saturated rings. The summed E-state index contributed by atoms with van der Waals surface area (Å²) in [4.78, 5) is 3.59. The van der Waals surface area contributed by atoms with Crippen LogP contribution in [0.25, 0.3) is 0 Å². The van der Waals surface area contributed by atoms with Crippen LogP contribution in [0.4, 0.5) is 0 Å². The lowest BCUT2D eigenvalue weighted by atomic mass is 10.1. The Hall–Kier alpha value is -0.490. The van der Waals surface area contributed by atoms with Gasteiger partial charge in [0.05, 0.1) is 6.54 Å². The summed E-state index contributed by atoms with van der Waals surface area (Å²) in [7, 11) is 0. The first-order chi connectivity index (χ1) is 5.13. The highest BCUT2D eigenvalue weighted by molar-refractivity contribution is 5.64. The van der Waals surface area contributed by atoms with Crippen molar-refractivity contribution in [3.05, 3.63) is 0 Å². The van der Waals surface area contributed by atoms with E-state index in [4.69, 9.17) is 20.4 Å². The number of aliphatic imine (C=N–C) groups is 1. The van der Waals surface area contributed by atoms with E-state index in [-0.39, 0.29) is 6.54 Å². The molecule has 0 saturated carbocycles. The second kappa shape index (κ2) is 3.27. The summed E-state index contributed by atoms with van der Waals surface area (Å²) in [6.07, 6.45) is -3.85. The molecule has 4 unspecified atom stereocenters. The Bertz CT molecular complexity index is 161. The molecule has 0 radical (unpaired) electrons. The molecule has 1 heterocycles. The summed E-state index contributed by atoms with van der Waals surface area (Å²) in [5.74, 6) is 0. The van der Waals surface area contributed by atoms with Crippen LogP contribution < -0.4 is 0 Å². The van der Waals surface area contributed by atoms with Gasteiger partial charge in [0.15, 0.2) is 0 Å². The average Bonchev–Trinajstić information content (AvgIpc) is 2.07. The number of nitrogens with zero attached hydrogens (tertiary/aromatic N) is 1. The third-order valence-corrected chi connectivity index (χ3v) is 1.64. The molecule has 0 saturated heterocycles. The molecule has 0 aliphatic carbocycles. The quantitative estimate of drug-likeness (QED) is 0.316. The van der Waals surface area contributed by atoms with Gasteiger partial charge in [-0.05, 0) is 0 Å². The van der Waals surface area contributed by atoms with Gasteiger partial charge in [0.2, 0.25) is 0 Å². The van der Waals surface area contributed by atoms with E-state index in [0.717, 1.165) is 6.21 Å². The summed E-state index contributed by atoms with van der Waals surface area (Å²) in [6.45, 7) is 0.00921. The predicted octanol–water partition coefficient (Wildman–Crippen LogP) is -2.49. The minimum Gasteiger partial charge on any atom is -0.388 e. The predicted molar refractivity (Wildman–Crippen MR) is 37.4 cm³/mol. The van der Waals surface area contributed by atoms with Crippen LogP contribution >= 0.6 is 0 Å². The number of hydrogen-bond acceptors (Lipinski definition) is 5. The van der Waals surface area contributed by atoms with Crippen LogP contribution in [0.2, 0.25) is 0 Å². The van der Waals surface area contributed by atoms with Crippen molar-refractivity contribution < 1.29 is 20.4 Å². The largest absolute Gasteiger partial charge is 0.388 e. The number of hydrogen-bond donors (Lipinski definition) is 4. The highest BCUT2D eigenvalue weighted by atomic mass is 16.4. The lowest BCUT2D eigenvalue weighted by Crippen LogP contribution is -2.44. The Morgan fingerprint density at radius 2 is 1.73 bits per heavy atom. The zero-order valence-corrected chi connectivity index (χ0v) is 5.83. The Kier molecular flexibility index (Phi) is 2.56. The maximum Gasteiger partial charge on any atom is 0.117 e. The van der Waals surface area contributed by atoms with Gasteiger partial charge in [-0.25, -0.2) is 0 Å². The summed E-state index contributed by atoms with van der Waals surface area (Å²) < 4.78 is 0. The summed E-state index contributed by atoms with van der Waals surface area (Å²) in [5, 5.41) is 36.1. The van der Waals surface area contributed by atoms with E-state index < -0.39 is 24.4 Å². The molecule has 0 aromatic heterocycles. The van der Waals surface area contributed by atoms with Crippen LogP contribution in [-0.2, 0) is 0 Å². The molecule has 5 heteroatoms. The van der Waals surface area contributed by atoms with E-state index in [1.807, 2.05) is 0 Å². The van der Waals surface area contributed by atoms with Gasteiger partial charge < -0.3 is 20.4 Å². The molecule has 0 spiro atoms. The molecule has 4 atom stereocenters. The van der Waals surface area contributed by atoms with E-state index >= 15 is 0 Å². The van der Waals surface area contributed by atoms with Crippen LogP contribution in [0.1, 0.15) is 0 Å². The lowest BCUT2D eigenvalue weighted by Gasteiger charge is -2.20. The van der Waals surface area contributed by atoms with Crippen LogP contribution in [0, 0.1) is 0 Å². The lowest BCUT2D eigenvalue weighted by molar-refractivity contribution is -0.0809. The number of aliphatic hydroxyl groups excluding tert-OH is 4. The fourth-order valence-electron chi connectivity index (χ4n) is 0.903. The van der Waals surface area contributed by atoms with Gasteiger partial charge in [0.25, 0.3) is 0 Å². The first kappa shape index (κ1) is 8.61. The summed E-state index contributed by atoms with van der Waals surface area (Å²) in [5.41, 5.74) is 0. The minimum absolute atomic E-state index is 0.00921. The molecular formula is C6H11NO4. The minimum atomic E-state index is -1.35. The van der Waals surface area contributed by atoms with Crippen LogP contribution in [-0.4, -0.2) is 57.6 Å². The van der Waals surface area contributed by atoms with Crippen molar-refractivity contribution in [3.63, 3.8) is 0 Å². The molecule has 4 N–H and O–H groups in total. The van der Waals surface area contributed by atoms with E-state index in [0.29, 0.717) is 0 Å². The van der Waals surface area contributed by atoms with Crippen LogP contribution in [0.5, 0.6) is 0 Å². The Morgan fingerprint density at radius 3 is 2.36 bits per heavy atom. The second-order valence-corrected chi connectivity index (χ2v) is 2.55. The van der Waals surface area contributed by atoms with E-state index in [1.54, 1.807) is 0 Å². The molecule has 0 aromatic rings. The zero-order valence-electron chi connectivity index (χ0n) is 5.83. The van der Waals surface area contributed by atoms with Gasteiger partial charge in [0, 0.05) is 6.21 Å². The third kappa shape index (κ3) is 1.75. The maximum atomic E-state index is 9.06. The first-order valence-electron chi connectivity index (χ1n) is 3.35. The zero-order chi connectivity index (χ0) is 8.43. The maximum absolute atomic E-state index is 9.06. The first-order valence-corrected chi connectivity index (χ1v) is 3.35. The van der Waals surface area contributed by atoms with Crippen molar-refractivity contribution in [1.29, 1.82) is 0 Å². The Labute approximate surface area is 63.6 Å². The molecule has 5 nitrogen and oxygen atoms in total. The molecule has 0 bridgehead atoms. The van der Waals surface area contributed by atoms with Crippen molar-refractivity contribution >= 4 is 6.21 Å². The van der Waals surface area contributed by atoms with Gasteiger partial charge in [-0.2, -0.15) is 0 Å². The Balaban J connectivity index is 2.68. The fraction of sp³-hybridized carbons (Fsp3) is 0.833. The van der Waals surface area contributed by atoms with Crippen molar-refractivity contribution in [1.82, 2.24) is 0 Å². The number of aliphatic hydroxyl groups is 4. The van der Waals surface area contributed by atoms with Gasteiger partial charge >= 0.3 is 0 Å². The molecular weight excluding hydrogens is 150 g/mol. The standard InChI is InChI=1S/C6H11NO4/c8-3-1-7-2-4(9)6(11)5(3)10/h1,3-6,8-11H,2H2. The topological polar surface area (TPSA) is 93.3 Å². The van der Waals surface area contributed by atoms with Crippen molar-refractivity contribution in [2.24, 2.45) is 4.99 Å². The Morgan fingerprint density at radius 1 is 1.09 bits per heavy atom. The summed E-state index contributed by atoms with van der Waals surface area (Å²) in [6, 6.07) is 0. The molecule has 0 amide bonds. The smallest absolute Gasteiger partial charge is 0.117 e. The van der Waals surface area contributed by atoms with Crippen molar-refractivity contribution in [2.45, 2.75) is 24.4 Å². The molecule has 1 aliphatic heterocycles. The van der Waals surface area contributed by atoms with Gasteiger partial charge in [-0.3, -0.25) is 4.99 Å². The molecule has 1 rings (SSSR count). The van der Waals surface area contributed by atoms with Crippen LogP contribution in [0.15, 0.2) is 4.99 Å². The highest BCUT2D eigenvalue weighted by Crippen LogP contribution is 2.07. The monoisotopic (exact) mass is 161 g/mol. The van der Waals surface area contributed by atoms with E-state index in [1.165, 1.54) is 0 Å². The van der Waals surface area contributed by atoms with Crippen LogP contribution in [0.3, 0.4) is 0 Å². The van der Waals surface area contributed by atoms with E-state index in [2.05, 4.69) is 4.99 Å². The SMILES string of the molecule is OC1C=NCC(O)C(O)C1O. The fourth-order valence-corrected chi connectivity index (χ4v) is 0.903. The van der Waals surface area contributed by atoms with Crippen molar-refractivity contribution in [3.8, 4) is 0 Å².